The molecule has 0 aromatic heterocycles. The van der Waals surface area contributed by atoms with Crippen LogP contribution in [-0.2, 0) is 16.6 Å². The first kappa shape index (κ1) is 25.7. The van der Waals surface area contributed by atoms with E-state index in [1.165, 1.54) is 0 Å². The number of carbonyl (C=O) groups is 1. The van der Waals surface area contributed by atoms with Crippen LogP contribution in [-0.4, -0.2) is 49.7 Å². The maximum Gasteiger partial charge on any atom is 0.255 e. The minimum atomic E-state index is -3.46. The summed E-state index contributed by atoms with van der Waals surface area (Å²) in [6, 6.07) is 32.8. The number of anilines is 1. The number of ether oxygens (including phenoxy) is 1. The molecule has 7 nitrogen and oxygen atoms in total. The van der Waals surface area contributed by atoms with Gasteiger partial charge >= 0.3 is 0 Å². The number of sulfonamides is 1. The van der Waals surface area contributed by atoms with Gasteiger partial charge in [-0.25, -0.2) is 8.42 Å². The van der Waals surface area contributed by atoms with Crippen LogP contribution in [0.4, 0.5) is 5.69 Å². The van der Waals surface area contributed by atoms with Crippen LogP contribution in [0.1, 0.15) is 15.9 Å². The standard InChI is InChI=1S/C30H29N3O4S/c34-30(31-26-15-17-28(18-16-26)37-27-7-3-1-4-8-27)25-13-11-24(12-14-25)23-32-19-21-33(22-20-32)38(35,36)29-9-5-2-6-10-29/h1-18H,19-23H2,(H,31,34). The molecule has 1 amide bonds. The summed E-state index contributed by atoms with van der Waals surface area (Å²) in [5.41, 5.74) is 2.32. The Labute approximate surface area is 223 Å². The van der Waals surface area contributed by atoms with Crippen molar-refractivity contribution >= 4 is 21.6 Å². The number of nitrogens with one attached hydrogen (secondary N) is 1. The highest BCUT2D eigenvalue weighted by atomic mass is 32.2. The van der Waals surface area contributed by atoms with Crippen LogP contribution in [0.25, 0.3) is 0 Å². The van der Waals surface area contributed by atoms with Gasteiger partial charge in [0.2, 0.25) is 10.0 Å². The molecule has 1 heterocycles. The molecule has 1 aliphatic heterocycles. The van der Waals surface area contributed by atoms with E-state index in [2.05, 4.69) is 10.2 Å². The molecule has 0 spiro atoms. The average molecular weight is 528 g/mol. The number of amides is 1. The molecule has 4 aromatic rings. The number of para-hydroxylation sites is 1. The third-order valence-electron chi connectivity index (χ3n) is 6.43. The summed E-state index contributed by atoms with van der Waals surface area (Å²) in [4.78, 5) is 15.3. The minimum absolute atomic E-state index is 0.187. The van der Waals surface area contributed by atoms with Gasteiger partial charge in [0, 0.05) is 44.0 Å². The fourth-order valence-electron chi connectivity index (χ4n) is 4.32. The molecule has 1 fully saturated rings. The van der Waals surface area contributed by atoms with E-state index >= 15 is 0 Å². The molecule has 1 N–H and O–H groups in total. The Morgan fingerprint density at radius 2 is 1.29 bits per heavy atom. The molecule has 5 rings (SSSR count). The van der Waals surface area contributed by atoms with Crippen molar-refractivity contribution in [1.29, 1.82) is 0 Å². The lowest BCUT2D eigenvalue weighted by Crippen LogP contribution is -2.48. The topological polar surface area (TPSA) is 79.0 Å². The van der Waals surface area contributed by atoms with Gasteiger partial charge in [-0.15, -0.1) is 0 Å². The van der Waals surface area contributed by atoms with Crippen LogP contribution < -0.4 is 10.1 Å². The van der Waals surface area contributed by atoms with E-state index in [0.29, 0.717) is 54.6 Å². The first-order valence-electron chi connectivity index (χ1n) is 12.5. The van der Waals surface area contributed by atoms with E-state index in [0.717, 1.165) is 11.3 Å². The Hall–Kier alpha value is -3.98. The summed E-state index contributed by atoms with van der Waals surface area (Å²) in [7, 11) is -3.46. The van der Waals surface area contributed by atoms with Crippen molar-refractivity contribution in [3.63, 3.8) is 0 Å². The van der Waals surface area contributed by atoms with Gasteiger partial charge in [0.05, 0.1) is 4.90 Å². The van der Waals surface area contributed by atoms with Crippen LogP contribution in [0.5, 0.6) is 11.5 Å². The largest absolute Gasteiger partial charge is 0.457 e. The lowest BCUT2D eigenvalue weighted by atomic mass is 10.1. The number of benzene rings is 4. The Kier molecular flexibility index (Phi) is 7.83. The van der Waals surface area contributed by atoms with Crippen LogP contribution in [0.15, 0.2) is 114 Å². The zero-order chi connectivity index (χ0) is 26.4. The zero-order valence-electron chi connectivity index (χ0n) is 20.9. The van der Waals surface area contributed by atoms with Gasteiger partial charge in [-0.3, -0.25) is 9.69 Å². The molecule has 1 aliphatic rings. The summed E-state index contributed by atoms with van der Waals surface area (Å²) in [5, 5.41) is 2.92. The first-order valence-corrected chi connectivity index (χ1v) is 13.9. The van der Waals surface area contributed by atoms with Gasteiger partial charge in [0.15, 0.2) is 0 Å². The van der Waals surface area contributed by atoms with E-state index in [1.54, 1.807) is 28.6 Å². The highest BCUT2D eigenvalue weighted by Crippen LogP contribution is 2.23. The molecule has 0 bridgehead atoms. The second-order valence-electron chi connectivity index (χ2n) is 9.08. The number of carbonyl (C=O) groups excluding carboxylic acids is 1. The summed E-state index contributed by atoms with van der Waals surface area (Å²) >= 11 is 0. The van der Waals surface area contributed by atoms with Crippen molar-refractivity contribution < 1.29 is 17.9 Å². The molecule has 38 heavy (non-hydrogen) atoms. The normalized spacial score (nSPS) is 14.6. The molecule has 8 heteroatoms. The molecule has 0 aliphatic carbocycles. The van der Waals surface area contributed by atoms with Crippen molar-refractivity contribution in [2.24, 2.45) is 0 Å². The Bertz CT molecular complexity index is 1450. The van der Waals surface area contributed by atoms with E-state index < -0.39 is 10.0 Å². The van der Waals surface area contributed by atoms with Crippen LogP contribution in [0.2, 0.25) is 0 Å². The van der Waals surface area contributed by atoms with E-state index in [9.17, 15) is 13.2 Å². The van der Waals surface area contributed by atoms with Crippen molar-refractivity contribution in [1.82, 2.24) is 9.21 Å². The third kappa shape index (κ3) is 6.28. The van der Waals surface area contributed by atoms with Crippen LogP contribution in [0.3, 0.4) is 0 Å². The third-order valence-corrected chi connectivity index (χ3v) is 8.34. The van der Waals surface area contributed by atoms with E-state index in [-0.39, 0.29) is 5.91 Å². The van der Waals surface area contributed by atoms with Gasteiger partial charge in [-0.05, 0) is 66.2 Å². The number of hydrogen-bond donors (Lipinski definition) is 1. The number of piperazine rings is 1. The van der Waals surface area contributed by atoms with Gasteiger partial charge in [-0.2, -0.15) is 4.31 Å². The van der Waals surface area contributed by atoms with Crippen molar-refractivity contribution in [3.8, 4) is 11.5 Å². The fraction of sp³-hybridized carbons (Fsp3) is 0.167. The molecule has 0 saturated carbocycles. The second-order valence-corrected chi connectivity index (χ2v) is 11.0. The number of nitrogens with zero attached hydrogens (tertiary/aromatic N) is 2. The monoisotopic (exact) mass is 527 g/mol. The Balaban J connectivity index is 1.11. The first-order chi connectivity index (χ1) is 18.5. The summed E-state index contributed by atoms with van der Waals surface area (Å²) in [6.07, 6.45) is 0. The SMILES string of the molecule is O=C(Nc1ccc(Oc2ccccc2)cc1)c1ccc(CN2CCN(S(=O)(=O)c3ccccc3)CC2)cc1. The fourth-order valence-corrected chi connectivity index (χ4v) is 5.77. The highest BCUT2D eigenvalue weighted by molar-refractivity contribution is 7.89. The summed E-state index contributed by atoms with van der Waals surface area (Å²) in [6.45, 7) is 2.90. The molecule has 0 radical (unpaired) electrons. The van der Waals surface area contributed by atoms with Crippen molar-refractivity contribution in [2.45, 2.75) is 11.4 Å². The number of rotatable bonds is 8. The van der Waals surface area contributed by atoms with Gasteiger partial charge in [0.25, 0.3) is 5.91 Å². The van der Waals surface area contributed by atoms with Crippen molar-refractivity contribution in [3.05, 3.63) is 120 Å². The smallest absolute Gasteiger partial charge is 0.255 e. The minimum Gasteiger partial charge on any atom is -0.457 e. The molecule has 0 unspecified atom stereocenters. The van der Waals surface area contributed by atoms with Crippen LogP contribution >= 0.6 is 0 Å². The molecule has 1 saturated heterocycles. The lowest BCUT2D eigenvalue weighted by molar-refractivity contribution is 0.102. The summed E-state index contributed by atoms with van der Waals surface area (Å²) in [5.74, 6) is 1.26. The number of hydrogen-bond acceptors (Lipinski definition) is 5. The Morgan fingerprint density at radius 3 is 1.92 bits per heavy atom. The zero-order valence-corrected chi connectivity index (χ0v) is 21.7. The second kappa shape index (κ2) is 11.6. The van der Waals surface area contributed by atoms with Gasteiger partial charge in [0.1, 0.15) is 11.5 Å². The molecule has 4 aromatic carbocycles. The molecular formula is C30H29N3O4S. The average Bonchev–Trinajstić information content (AvgIpc) is 2.96. The van der Waals surface area contributed by atoms with Gasteiger partial charge in [-0.1, -0.05) is 48.5 Å². The quantitative estimate of drug-likeness (QED) is 0.339. The molecular weight excluding hydrogens is 498 g/mol. The Morgan fingerprint density at radius 1 is 0.711 bits per heavy atom. The maximum absolute atomic E-state index is 12.8. The lowest BCUT2D eigenvalue weighted by Gasteiger charge is -2.34. The van der Waals surface area contributed by atoms with Gasteiger partial charge < -0.3 is 10.1 Å². The van der Waals surface area contributed by atoms with E-state index in [1.807, 2.05) is 84.9 Å². The predicted octanol–water partition coefficient (Wildman–Crippen LogP) is 5.24. The maximum atomic E-state index is 12.8. The molecule has 194 valence electrons. The van der Waals surface area contributed by atoms with Crippen molar-refractivity contribution in [2.75, 3.05) is 31.5 Å². The molecule has 0 atom stereocenters. The summed E-state index contributed by atoms with van der Waals surface area (Å²) < 4.78 is 33.0. The highest BCUT2D eigenvalue weighted by Gasteiger charge is 2.28. The van der Waals surface area contributed by atoms with Crippen LogP contribution in [0, 0.1) is 0 Å². The van der Waals surface area contributed by atoms with E-state index in [4.69, 9.17) is 4.74 Å². The predicted molar refractivity (Wildman–Crippen MR) is 148 cm³/mol.